The van der Waals surface area contributed by atoms with E-state index in [4.69, 9.17) is 0 Å². The van der Waals surface area contributed by atoms with Crippen molar-refractivity contribution >= 4 is 0 Å². The summed E-state index contributed by atoms with van der Waals surface area (Å²) in [5, 5.41) is 9.22. The first-order valence-electron chi connectivity index (χ1n) is 5.90. The highest BCUT2D eigenvalue weighted by atomic mass is 16.3. The van der Waals surface area contributed by atoms with E-state index in [9.17, 15) is 5.11 Å². The topological polar surface area (TPSA) is 23.5 Å². The van der Waals surface area contributed by atoms with Gasteiger partial charge in [-0.1, -0.05) is 27.2 Å². The van der Waals surface area contributed by atoms with E-state index in [1.807, 2.05) is 0 Å². The molecule has 0 aromatic rings. The fourth-order valence-corrected chi connectivity index (χ4v) is 2.00. The zero-order chi connectivity index (χ0) is 10.6. The zero-order valence-corrected chi connectivity index (χ0v) is 9.92. The van der Waals surface area contributed by atoms with E-state index < -0.39 is 0 Å². The summed E-state index contributed by atoms with van der Waals surface area (Å²) in [6, 6.07) is 0. The maximum absolute atomic E-state index is 9.22. The Kier molecular flexibility index (Phi) is 4.39. The Hall–Kier alpha value is -0.0800. The van der Waals surface area contributed by atoms with E-state index >= 15 is 0 Å². The molecule has 0 saturated heterocycles. The molecule has 0 atom stereocenters. The van der Waals surface area contributed by atoms with Gasteiger partial charge in [-0.2, -0.15) is 0 Å². The van der Waals surface area contributed by atoms with E-state index in [0.29, 0.717) is 0 Å². The molecule has 1 rings (SSSR count). The summed E-state index contributed by atoms with van der Waals surface area (Å²) in [6.07, 6.45) is 4.25. The van der Waals surface area contributed by atoms with Gasteiger partial charge in [0.2, 0.25) is 0 Å². The van der Waals surface area contributed by atoms with Gasteiger partial charge in [0.05, 0.1) is 0 Å². The average Bonchev–Trinajstić information content (AvgIpc) is 2.09. The van der Waals surface area contributed by atoms with Crippen LogP contribution in [0.15, 0.2) is 0 Å². The number of aliphatic hydroxyl groups is 1. The van der Waals surface area contributed by atoms with Gasteiger partial charge in [-0.15, -0.1) is 0 Å². The largest absolute Gasteiger partial charge is 0.396 e. The zero-order valence-electron chi connectivity index (χ0n) is 9.92. The Morgan fingerprint density at radius 2 is 2.00 bits per heavy atom. The average molecular weight is 199 g/mol. The molecule has 1 N–H and O–H groups in total. The fraction of sp³-hybridized carbons (Fsp3) is 1.00. The molecule has 0 radical (unpaired) electrons. The van der Waals surface area contributed by atoms with Crippen molar-refractivity contribution in [3.05, 3.63) is 0 Å². The van der Waals surface area contributed by atoms with E-state index in [2.05, 4.69) is 25.7 Å². The van der Waals surface area contributed by atoms with Crippen LogP contribution in [0.3, 0.4) is 0 Å². The fourth-order valence-electron chi connectivity index (χ4n) is 2.00. The standard InChI is InChI=1S/C12H25NO/c1-4-13(8-11-6-5-7-11)9-12(2,3)10-14/h11,14H,4-10H2,1-3H3. The summed E-state index contributed by atoms with van der Waals surface area (Å²) in [7, 11) is 0. The van der Waals surface area contributed by atoms with Crippen molar-refractivity contribution in [1.29, 1.82) is 0 Å². The summed E-state index contributed by atoms with van der Waals surface area (Å²) in [5.41, 5.74) is 0.0553. The number of aliphatic hydroxyl groups excluding tert-OH is 1. The first-order valence-corrected chi connectivity index (χ1v) is 5.90. The van der Waals surface area contributed by atoms with Gasteiger partial charge in [-0.05, 0) is 25.3 Å². The molecule has 2 heteroatoms. The molecule has 1 aliphatic carbocycles. The third kappa shape index (κ3) is 3.58. The Morgan fingerprint density at radius 3 is 2.36 bits per heavy atom. The Bertz CT molecular complexity index is 164. The van der Waals surface area contributed by atoms with Gasteiger partial charge < -0.3 is 10.0 Å². The minimum Gasteiger partial charge on any atom is -0.396 e. The molecule has 0 unspecified atom stereocenters. The summed E-state index contributed by atoms with van der Waals surface area (Å²) in [5.74, 6) is 0.935. The van der Waals surface area contributed by atoms with Crippen molar-refractivity contribution < 1.29 is 5.11 Å². The predicted octanol–water partition coefficient (Wildman–Crippen LogP) is 2.13. The van der Waals surface area contributed by atoms with E-state index in [0.717, 1.165) is 19.0 Å². The first kappa shape index (κ1) is 12.0. The van der Waals surface area contributed by atoms with Crippen molar-refractivity contribution in [3.8, 4) is 0 Å². The minimum atomic E-state index is 0.0553. The van der Waals surface area contributed by atoms with Gasteiger partial charge in [0.1, 0.15) is 0 Å². The molecule has 84 valence electrons. The van der Waals surface area contributed by atoms with Crippen LogP contribution in [0, 0.1) is 11.3 Å². The number of hydrogen-bond acceptors (Lipinski definition) is 2. The minimum absolute atomic E-state index is 0.0553. The van der Waals surface area contributed by atoms with Crippen LogP contribution in [0.2, 0.25) is 0 Å². The quantitative estimate of drug-likeness (QED) is 0.708. The Labute approximate surface area is 88.3 Å². The molecule has 1 aliphatic rings. The molecule has 0 heterocycles. The summed E-state index contributed by atoms with van der Waals surface area (Å²) in [4.78, 5) is 2.49. The Morgan fingerprint density at radius 1 is 1.36 bits per heavy atom. The van der Waals surface area contributed by atoms with Crippen LogP contribution in [0.4, 0.5) is 0 Å². The third-order valence-electron chi connectivity index (χ3n) is 3.27. The summed E-state index contributed by atoms with van der Waals surface area (Å²) in [6.45, 7) is 10.1. The molecule has 1 saturated carbocycles. The molecule has 0 aromatic heterocycles. The maximum atomic E-state index is 9.22. The van der Waals surface area contributed by atoms with Crippen LogP contribution in [0.5, 0.6) is 0 Å². The van der Waals surface area contributed by atoms with Crippen molar-refractivity contribution in [2.75, 3.05) is 26.2 Å². The van der Waals surface area contributed by atoms with Crippen molar-refractivity contribution in [2.24, 2.45) is 11.3 Å². The van der Waals surface area contributed by atoms with Crippen LogP contribution in [0.25, 0.3) is 0 Å². The number of rotatable bonds is 6. The molecule has 1 fully saturated rings. The summed E-state index contributed by atoms with van der Waals surface area (Å²) < 4.78 is 0. The normalized spacial score (nSPS) is 18.6. The van der Waals surface area contributed by atoms with Crippen LogP contribution >= 0.6 is 0 Å². The van der Waals surface area contributed by atoms with Crippen LogP contribution in [-0.4, -0.2) is 36.2 Å². The molecular formula is C12H25NO. The molecular weight excluding hydrogens is 174 g/mol. The predicted molar refractivity (Wildman–Crippen MR) is 60.3 cm³/mol. The van der Waals surface area contributed by atoms with E-state index in [1.54, 1.807) is 0 Å². The summed E-state index contributed by atoms with van der Waals surface area (Å²) >= 11 is 0. The number of nitrogens with zero attached hydrogens (tertiary/aromatic N) is 1. The molecule has 0 aliphatic heterocycles. The lowest BCUT2D eigenvalue weighted by atomic mass is 9.84. The lowest BCUT2D eigenvalue weighted by Crippen LogP contribution is -2.40. The van der Waals surface area contributed by atoms with Crippen LogP contribution in [0.1, 0.15) is 40.0 Å². The highest BCUT2D eigenvalue weighted by Gasteiger charge is 2.24. The second-order valence-corrected chi connectivity index (χ2v) is 5.45. The molecule has 0 spiro atoms. The molecule has 14 heavy (non-hydrogen) atoms. The van der Waals surface area contributed by atoms with Gasteiger partial charge in [0.25, 0.3) is 0 Å². The molecule has 0 amide bonds. The van der Waals surface area contributed by atoms with Gasteiger partial charge in [0, 0.05) is 25.1 Å². The first-order chi connectivity index (χ1) is 6.57. The van der Waals surface area contributed by atoms with E-state index in [-0.39, 0.29) is 12.0 Å². The van der Waals surface area contributed by atoms with E-state index in [1.165, 1.54) is 25.8 Å². The molecule has 0 aromatic carbocycles. The smallest absolute Gasteiger partial charge is 0.0494 e. The second kappa shape index (κ2) is 5.13. The lowest BCUT2D eigenvalue weighted by Gasteiger charge is -2.35. The van der Waals surface area contributed by atoms with Crippen molar-refractivity contribution in [3.63, 3.8) is 0 Å². The monoisotopic (exact) mass is 199 g/mol. The third-order valence-corrected chi connectivity index (χ3v) is 3.27. The number of hydrogen-bond donors (Lipinski definition) is 1. The molecule has 2 nitrogen and oxygen atoms in total. The second-order valence-electron chi connectivity index (χ2n) is 5.45. The van der Waals surface area contributed by atoms with Crippen LogP contribution < -0.4 is 0 Å². The highest BCUT2D eigenvalue weighted by Crippen LogP contribution is 2.28. The van der Waals surface area contributed by atoms with Crippen LogP contribution in [-0.2, 0) is 0 Å². The Balaban J connectivity index is 2.29. The van der Waals surface area contributed by atoms with Gasteiger partial charge in [-0.3, -0.25) is 0 Å². The highest BCUT2D eigenvalue weighted by molar-refractivity contribution is 4.77. The molecule has 0 bridgehead atoms. The lowest BCUT2D eigenvalue weighted by molar-refractivity contribution is 0.0860. The maximum Gasteiger partial charge on any atom is 0.0494 e. The van der Waals surface area contributed by atoms with Gasteiger partial charge in [0.15, 0.2) is 0 Å². The van der Waals surface area contributed by atoms with Gasteiger partial charge in [-0.25, -0.2) is 0 Å². The van der Waals surface area contributed by atoms with Crippen molar-refractivity contribution in [2.45, 2.75) is 40.0 Å². The van der Waals surface area contributed by atoms with Gasteiger partial charge >= 0.3 is 0 Å². The van der Waals surface area contributed by atoms with Crippen molar-refractivity contribution in [1.82, 2.24) is 4.90 Å². The SMILES string of the molecule is CCN(CC1CCC1)CC(C)(C)CO.